The molecule has 10 heteroatoms. The quantitative estimate of drug-likeness (QED) is 0.546. The van der Waals surface area contributed by atoms with Crippen LogP contribution in [0.2, 0.25) is 10.0 Å². The van der Waals surface area contributed by atoms with Gasteiger partial charge < -0.3 is 14.7 Å². The first kappa shape index (κ1) is 24.8. The number of carbonyl (C=O) groups is 2. The van der Waals surface area contributed by atoms with Crippen LogP contribution in [0.15, 0.2) is 36.4 Å². The minimum Gasteiger partial charge on any atom is -0.436 e. The second-order valence-electron chi connectivity index (χ2n) is 8.63. The number of hydrogen-bond donors (Lipinski definition) is 1. The number of ether oxygens (including phenoxy) is 1. The van der Waals surface area contributed by atoms with Gasteiger partial charge in [0.15, 0.2) is 0 Å². The van der Waals surface area contributed by atoms with E-state index in [-0.39, 0.29) is 44.7 Å². The van der Waals surface area contributed by atoms with Gasteiger partial charge in [0, 0.05) is 35.1 Å². The normalized spacial score (nSPS) is 21.6. The molecule has 0 saturated carbocycles. The molecule has 2 aromatic carbocycles. The molecular weight excluding hydrogens is 494 g/mol. The molecule has 34 heavy (non-hydrogen) atoms. The molecule has 2 fully saturated rings. The molecule has 4 rings (SSSR count). The van der Waals surface area contributed by atoms with Crippen LogP contribution in [0.25, 0.3) is 11.1 Å². The zero-order valence-corrected chi connectivity index (χ0v) is 19.5. The van der Waals surface area contributed by atoms with E-state index >= 15 is 0 Å². The maximum Gasteiger partial charge on any atom is 0.391 e. The smallest absolute Gasteiger partial charge is 0.391 e. The van der Waals surface area contributed by atoms with Crippen LogP contribution in [0.3, 0.4) is 0 Å². The van der Waals surface area contributed by atoms with Crippen LogP contribution >= 0.6 is 23.2 Å². The van der Waals surface area contributed by atoms with Gasteiger partial charge >= 0.3 is 12.1 Å². The highest BCUT2D eigenvalue weighted by Crippen LogP contribution is 2.36. The standard InChI is InChI=1S/C24H22Cl2F3NO4/c25-19-10-15(11-20(26)18(19)9-16-12-21(31)34-23(16)33)13-1-3-14(4-2-13)22(32)30-7-5-17(6-8-30)24(27,28)29/h1-4,10-11,16-17,21,31H,5-9,12H2/t16?,21-/m1/s1. The Labute approximate surface area is 204 Å². The van der Waals surface area contributed by atoms with Crippen molar-refractivity contribution in [1.29, 1.82) is 0 Å². The number of carbonyl (C=O) groups excluding carboxylic acids is 2. The number of amides is 1. The van der Waals surface area contributed by atoms with E-state index in [0.717, 1.165) is 5.56 Å². The molecule has 2 aliphatic rings. The average Bonchev–Trinajstić information content (AvgIpc) is 3.11. The van der Waals surface area contributed by atoms with E-state index in [2.05, 4.69) is 0 Å². The molecule has 2 aliphatic heterocycles. The Bertz CT molecular complexity index is 1060. The van der Waals surface area contributed by atoms with Crippen molar-refractivity contribution in [2.45, 2.75) is 38.1 Å². The summed E-state index contributed by atoms with van der Waals surface area (Å²) in [6, 6.07) is 10.1. The molecule has 0 aliphatic carbocycles. The van der Waals surface area contributed by atoms with Crippen LogP contribution in [0.5, 0.6) is 0 Å². The molecule has 1 amide bonds. The third-order valence-corrected chi connectivity index (χ3v) is 7.05. The second kappa shape index (κ2) is 9.76. The van der Waals surface area contributed by atoms with Gasteiger partial charge in [-0.2, -0.15) is 13.2 Å². The Hall–Kier alpha value is -2.29. The Morgan fingerprint density at radius 2 is 1.65 bits per heavy atom. The molecule has 2 heterocycles. The Morgan fingerprint density at radius 3 is 2.15 bits per heavy atom. The van der Waals surface area contributed by atoms with Gasteiger partial charge in [-0.15, -0.1) is 0 Å². The van der Waals surface area contributed by atoms with Crippen molar-refractivity contribution in [3.05, 3.63) is 57.6 Å². The number of aliphatic hydroxyl groups excluding tert-OH is 1. The third-order valence-electron chi connectivity index (χ3n) is 6.37. The lowest BCUT2D eigenvalue weighted by Gasteiger charge is -2.33. The fourth-order valence-corrected chi connectivity index (χ4v) is 5.03. The third kappa shape index (κ3) is 5.34. The number of nitrogens with zero attached hydrogens (tertiary/aromatic N) is 1. The Morgan fingerprint density at radius 1 is 1.06 bits per heavy atom. The van der Waals surface area contributed by atoms with E-state index in [4.69, 9.17) is 27.9 Å². The largest absolute Gasteiger partial charge is 0.436 e. The van der Waals surface area contributed by atoms with Crippen molar-refractivity contribution >= 4 is 35.1 Å². The summed E-state index contributed by atoms with van der Waals surface area (Å²) < 4.78 is 43.3. The average molecular weight is 516 g/mol. The van der Waals surface area contributed by atoms with Crippen LogP contribution < -0.4 is 0 Å². The number of esters is 1. The maximum absolute atomic E-state index is 12.9. The first-order chi connectivity index (χ1) is 16.0. The van der Waals surface area contributed by atoms with Gasteiger partial charge in [0.1, 0.15) is 0 Å². The van der Waals surface area contributed by atoms with Crippen LogP contribution in [-0.4, -0.2) is 47.4 Å². The number of rotatable bonds is 4. The van der Waals surface area contributed by atoms with Gasteiger partial charge in [-0.3, -0.25) is 9.59 Å². The zero-order valence-electron chi connectivity index (χ0n) is 17.9. The first-order valence-corrected chi connectivity index (χ1v) is 11.6. The predicted molar refractivity (Wildman–Crippen MR) is 120 cm³/mol. The summed E-state index contributed by atoms with van der Waals surface area (Å²) in [7, 11) is 0. The molecule has 0 aromatic heterocycles. The minimum atomic E-state index is -4.23. The molecule has 1 unspecified atom stereocenters. The van der Waals surface area contributed by atoms with Crippen molar-refractivity contribution in [3.8, 4) is 11.1 Å². The van der Waals surface area contributed by atoms with E-state index in [1.165, 1.54) is 4.90 Å². The zero-order chi connectivity index (χ0) is 24.6. The van der Waals surface area contributed by atoms with E-state index in [1.807, 2.05) is 0 Å². The summed E-state index contributed by atoms with van der Waals surface area (Å²) in [5.74, 6) is -2.68. The van der Waals surface area contributed by atoms with Gasteiger partial charge in [-0.1, -0.05) is 35.3 Å². The summed E-state index contributed by atoms with van der Waals surface area (Å²) in [5.41, 5.74) is 2.43. The molecule has 182 valence electrons. The number of cyclic esters (lactones) is 1. The van der Waals surface area contributed by atoms with E-state index in [1.54, 1.807) is 36.4 Å². The molecule has 2 aromatic rings. The molecule has 0 radical (unpaired) electrons. The molecule has 5 nitrogen and oxygen atoms in total. The topological polar surface area (TPSA) is 66.8 Å². The number of aliphatic hydroxyl groups is 1. The molecular formula is C24H22Cl2F3NO4. The minimum absolute atomic E-state index is 0.0724. The molecule has 2 saturated heterocycles. The van der Waals surface area contributed by atoms with E-state index < -0.39 is 30.3 Å². The SMILES string of the molecule is O=C1O[C@@H](O)CC1Cc1c(Cl)cc(-c2ccc(C(=O)N3CCC(C(F)(F)F)CC3)cc2)cc1Cl. The predicted octanol–water partition coefficient (Wildman–Crippen LogP) is 5.50. The fraction of sp³-hybridized carbons (Fsp3) is 0.417. The van der Waals surface area contributed by atoms with Gasteiger partial charge in [-0.05, 0) is 60.2 Å². The lowest BCUT2D eigenvalue weighted by molar-refractivity contribution is -0.183. The summed E-state index contributed by atoms with van der Waals surface area (Å²) >= 11 is 12.9. The van der Waals surface area contributed by atoms with Crippen molar-refractivity contribution in [1.82, 2.24) is 4.90 Å². The van der Waals surface area contributed by atoms with Crippen LogP contribution in [-0.2, 0) is 16.0 Å². The highest BCUT2D eigenvalue weighted by atomic mass is 35.5. The highest BCUT2D eigenvalue weighted by molar-refractivity contribution is 6.36. The summed E-state index contributed by atoms with van der Waals surface area (Å²) in [5, 5.41) is 10.2. The first-order valence-electron chi connectivity index (χ1n) is 10.9. The summed E-state index contributed by atoms with van der Waals surface area (Å²) in [6.45, 7) is 0.145. The molecule has 2 atom stereocenters. The Kier molecular flexibility index (Phi) is 7.12. The number of piperidine rings is 1. The van der Waals surface area contributed by atoms with Gasteiger partial charge in [-0.25, -0.2) is 0 Å². The molecule has 0 spiro atoms. The second-order valence-corrected chi connectivity index (χ2v) is 9.45. The van der Waals surface area contributed by atoms with Gasteiger partial charge in [0.05, 0.1) is 11.8 Å². The molecule has 0 bridgehead atoms. The summed E-state index contributed by atoms with van der Waals surface area (Å²) in [4.78, 5) is 26.0. The van der Waals surface area contributed by atoms with E-state index in [0.29, 0.717) is 26.7 Å². The number of halogens is 5. The number of likely N-dealkylation sites (tertiary alicyclic amines) is 1. The Balaban J connectivity index is 1.44. The van der Waals surface area contributed by atoms with Gasteiger partial charge in [0.2, 0.25) is 6.29 Å². The monoisotopic (exact) mass is 515 g/mol. The lowest BCUT2D eigenvalue weighted by atomic mass is 9.94. The van der Waals surface area contributed by atoms with Crippen molar-refractivity contribution in [2.75, 3.05) is 13.1 Å². The highest BCUT2D eigenvalue weighted by Gasteiger charge is 2.41. The van der Waals surface area contributed by atoms with Crippen molar-refractivity contribution < 1.29 is 32.6 Å². The number of benzene rings is 2. The van der Waals surface area contributed by atoms with Crippen LogP contribution in [0, 0.1) is 11.8 Å². The number of alkyl halides is 3. The van der Waals surface area contributed by atoms with Crippen molar-refractivity contribution in [2.24, 2.45) is 11.8 Å². The molecule has 1 N–H and O–H groups in total. The van der Waals surface area contributed by atoms with E-state index in [9.17, 15) is 27.9 Å². The van der Waals surface area contributed by atoms with Crippen molar-refractivity contribution in [3.63, 3.8) is 0 Å². The number of hydrogen-bond acceptors (Lipinski definition) is 4. The van der Waals surface area contributed by atoms with Gasteiger partial charge in [0.25, 0.3) is 5.91 Å². The fourth-order valence-electron chi connectivity index (χ4n) is 4.39. The van der Waals surface area contributed by atoms with Crippen LogP contribution in [0.4, 0.5) is 13.2 Å². The lowest BCUT2D eigenvalue weighted by Crippen LogP contribution is -2.42. The maximum atomic E-state index is 12.9. The van der Waals surface area contributed by atoms with Crippen LogP contribution in [0.1, 0.15) is 35.2 Å². The summed E-state index contributed by atoms with van der Waals surface area (Å²) in [6.07, 6.45) is -5.10.